The van der Waals surface area contributed by atoms with E-state index in [1.165, 1.54) is 12.8 Å². The van der Waals surface area contributed by atoms with Crippen LogP contribution in [0.2, 0.25) is 0 Å². The SMILES string of the molecule is COCCNC(N)=NCC1CCCCO1. The molecule has 1 heterocycles. The fraction of sp³-hybridized carbons (Fsp3) is 0.900. The van der Waals surface area contributed by atoms with E-state index in [2.05, 4.69) is 10.3 Å². The molecule has 3 N–H and O–H groups in total. The van der Waals surface area contributed by atoms with E-state index in [-0.39, 0.29) is 6.10 Å². The molecule has 0 aromatic rings. The van der Waals surface area contributed by atoms with Crippen LogP contribution in [-0.4, -0.2) is 45.5 Å². The van der Waals surface area contributed by atoms with Crippen molar-refractivity contribution in [3.8, 4) is 0 Å². The van der Waals surface area contributed by atoms with Crippen LogP contribution in [0, 0.1) is 0 Å². The quantitative estimate of drug-likeness (QED) is 0.388. The minimum Gasteiger partial charge on any atom is -0.383 e. The third-order valence-corrected chi connectivity index (χ3v) is 2.35. The summed E-state index contributed by atoms with van der Waals surface area (Å²) in [7, 11) is 1.66. The standard InChI is InChI=1S/C10H21N3O2/c1-14-7-5-12-10(11)13-8-9-4-2-3-6-15-9/h9H,2-8H2,1H3,(H3,11,12,13). The van der Waals surface area contributed by atoms with Gasteiger partial charge in [-0.05, 0) is 19.3 Å². The normalized spacial score (nSPS) is 22.7. The molecule has 88 valence electrons. The lowest BCUT2D eigenvalue weighted by atomic mass is 10.1. The third kappa shape index (κ3) is 5.59. The van der Waals surface area contributed by atoms with Crippen molar-refractivity contribution in [1.29, 1.82) is 0 Å². The second-order valence-corrected chi connectivity index (χ2v) is 3.63. The molecular weight excluding hydrogens is 194 g/mol. The first-order valence-corrected chi connectivity index (χ1v) is 5.47. The molecule has 0 radical (unpaired) electrons. The van der Waals surface area contributed by atoms with Gasteiger partial charge >= 0.3 is 0 Å². The van der Waals surface area contributed by atoms with Crippen LogP contribution in [0.1, 0.15) is 19.3 Å². The van der Waals surface area contributed by atoms with Gasteiger partial charge < -0.3 is 20.5 Å². The van der Waals surface area contributed by atoms with Crippen LogP contribution in [0.15, 0.2) is 4.99 Å². The summed E-state index contributed by atoms with van der Waals surface area (Å²) in [6.45, 7) is 2.84. The Labute approximate surface area is 91.0 Å². The summed E-state index contributed by atoms with van der Waals surface area (Å²) in [5.41, 5.74) is 5.66. The van der Waals surface area contributed by atoms with Crippen molar-refractivity contribution in [2.24, 2.45) is 10.7 Å². The fourth-order valence-corrected chi connectivity index (χ4v) is 1.49. The summed E-state index contributed by atoms with van der Waals surface area (Å²) in [6, 6.07) is 0. The number of ether oxygens (including phenoxy) is 2. The van der Waals surface area contributed by atoms with E-state index in [1.807, 2.05) is 0 Å². The molecule has 1 saturated heterocycles. The van der Waals surface area contributed by atoms with Gasteiger partial charge in [-0.2, -0.15) is 0 Å². The molecule has 15 heavy (non-hydrogen) atoms. The monoisotopic (exact) mass is 215 g/mol. The maximum absolute atomic E-state index is 5.66. The van der Waals surface area contributed by atoms with Crippen LogP contribution in [0.4, 0.5) is 0 Å². The maximum atomic E-state index is 5.66. The number of guanidine groups is 1. The average Bonchev–Trinajstić information content (AvgIpc) is 2.28. The van der Waals surface area contributed by atoms with Crippen molar-refractivity contribution < 1.29 is 9.47 Å². The van der Waals surface area contributed by atoms with E-state index in [1.54, 1.807) is 7.11 Å². The highest BCUT2D eigenvalue weighted by atomic mass is 16.5. The Hall–Kier alpha value is -0.810. The van der Waals surface area contributed by atoms with Crippen molar-refractivity contribution in [3.05, 3.63) is 0 Å². The predicted molar refractivity (Wildman–Crippen MR) is 60.0 cm³/mol. The number of nitrogens with two attached hydrogens (primary N) is 1. The van der Waals surface area contributed by atoms with E-state index >= 15 is 0 Å². The zero-order chi connectivity index (χ0) is 10.9. The number of hydrogen-bond donors (Lipinski definition) is 2. The second kappa shape index (κ2) is 7.48. The summed E-state index contributed by atoms with van der Waals surface area (Å²) in [5.74, 6) is 0.473. The molecule has 0 aromatic heterocycles. The molecule has 5 nitrogen and oxygen atoms in total. The van der Waals surface area contributed by atoms with E-state index in [4.69, 9.17) is 15.2 Å². The van der Waals surface area contributed by atoms with Crippen molar-refractivity contribution in [2.75, 3.05) is 33.4 Å². The van der Waals surface area contributed by atoms with E-state index in [0.717, 1.165) is 13.0 Å². The van der Waals surface area contributed by atoms with Gasteiger partial charge in [0.25, 0.3) is 0 Å². The molecule has 0 aromatic carbocycles. The molecule has 0 saturated carbocycles. The molecule has 1 fully saturated rings. The molecular formula is C10H21N3O2. The Morgan fingerprint density at radius 3 is 3.13 bits per heavy atom. The second-order valence-electron chi connectivity index (χ2n) is 3.63. The first-order chi connectivity index (χ1) is 7.33. The minimum atomic E-state index is 0.251. The van der Waals surface area contributed by atoms with Crippen LogP contribution in [-0.2, 0) is 9.47 Å². The highest BCUT2D eigenvalue weighted by molar-refractivity contribution is 5.77. The molecule has 0 spiro atoms. The fourth-order valence-electron chi connectivity index (χ4n) is 1.49. The largest absolute Gasteiger partial charge is 0.383 e. The van der Waals surface area contributed by atoms with Crippen LogP contribution >= 0.6 is 0 Å². The molecule has 0 bridgehead atoms. The highest BCUT2D eigenvalue weighted by Crippen LogP contribution is 2.12. The van der Waals surface area contributed by atoms with Gasteiger partial charge in [-0.25, -0.2) is 0 Å². The zero-order valence-corrected chi connectivity index (χ0v) is 9.37. The Kier molecular flexibility index (Phi) is 6.11. The summed E-state index contributed by atoms with van der Waals surface area (Å²) in [5, 5.41) is 2.97. The highest BCUT2D eigenvalue weighted by Gasteiger charge is 2.12. The third-order valence-electron chi connectivity index (χ3n) is 2.35. The van der Waals surface area contributed by atoms with Crippen molar-refractivity contribution in [3.63, 3.8) is 0 Å². The van der Waals surface area contributed by atoms with E-state index in [9.17, 15) is 0 Å². The number of nitrogens with one attached hydrogen (secondary N) is 1. The van der Waals surface area contributed by atoms with Crippen LogP contribution < -0.4 is 11.1 Å². The lowest BCUT2D eigenvalue weighted by Crippen LogP contribution is -2.35. The van der Waals surface area contributed by atoms with Gasteiger partial charge in [-0.15, -0.1) is 0 Å². The average molecular weight is 215 g/mol. The molecule has 1 rings (SSSR count). The Bertz CT molecular complexity index is 191. The molecule has 1 aliphatic rings. The summed E-state index contributed by atoms with van der Waals surface area (Å²) < 4.78 is 10.4. The van der Waals surface area contributed by atoms with Gasteiger partial charge in [0.1, 0.15) is 0 Å². The van der Waals surface area contributed by atoms with Crippen molar-refractivity contribution in [1.82, 2.24) is 5.32 Å². The summed E-state index contributed by atoms with van der Waals surface area (Å²) in [4.78, 5) is 4.22. The number of hydrogen-bond acceptors (Lipinski definition) is 3. The topological polar surface area (TPSA) is 68.9 Å². The molecule has 5 heteroatoms. The Balaban J connectivity index is 2.11. The van der Waals surface area contributed by atoms with Gasteiger partial charge in [0.2, 0.25) is 0 Å². The van der Waals surface area contributed by atoms with E-state index < -0.39 is 0 Å². The maximum Gasteiger partial charge on any atom is 0.188 e. The van der Waals surface area contributed by atoms with Crippen LogP contribution in [0.25, 0.3) is 0 Å². The number of rotatable bonds is 5. The Morgan fingerprint density at radius 2 is 2.47 bits per heavy atom. The van der Waals surface area contributed by atoms with Gasteiger partial charge in [0.15, 0.2) is 5.96 Å². The van der Waals surface area contributed by atoms with Gasteiger partial charge in [-0.1, -0.05) is 0 Å². The first kappa shape index (κ1) is 12.3. The smallest absolute Gasteiger partial charge is 0.188 e. The molecule has 1 atom stereocenters. The van der Waals surface area contributed by atoms with Crippen molar-refractivity contribution in [2.45, 2.75) is 25.4 Å². The molecule has 1 aliphatic heterocycles. The van der Waals surface area contributed by atoms with Gasteiger partial charge in [-0.3, -0.25) is 4.99 Å². The van der Waals surface area contributed by atoms with Crippen LogP contribution in [0.3, 0.4) is 0 Å². The first-order valence-electron chi connectivity index (χ1n) is 5.47. The van der Waals surface area contributed by atoms with E-state index in [0.29, 0.717) is 25.7 Å². The Morgan fingerprint density at radius 1 is 1.60 bits per heavy atom. The predicted octanol–water partition coefficient (Wildman–Crippen LogP) is 0.106. The minimum absolute atomic E-state index is 0.251. The zero-order valence-electron chi connectivity index (χ0n) is 9.37. The molecule has 0 amide bonds. The number of nitrogens with zero attached hydrogens (tertiary/aromatic N) is 1. The summed E-state index contributed by atoms with van der Waals surface area (Å²) in [6.07, 6.45) is 3.75. The lowest BCUT2D eigenvalue weighted by molar-refractivity contribution is 0.0224. The van der Waals surface area contributed by atoms with Crippen molar-refractivity contribution >= 4 is 5.96 Å². The molecule has 0 aliphatic carbocycles. The number of methoxy groups -OCH3 is 1. The summed E-state index contributed by atoms with van der Waals surface area (Å²) >= 11 is 0. The van der Waals surface area contributed by atoms with Gasteiger partial charge in [0, 0.05) is 20.3 Å². The molecule has 1 unspecified atom stereocenters. The van der Waals surface area contributed by atoms with Crippen LogP contribution in [0.5, 0.6) is 0 Å². The lowest BCUT2D eigenvalue weighted by Gasteiger charge is -2.20. The number of aliphatic imine (C=N–C) groups is 1. The van der Waals surface area contributed by atoms with Gasteiger partial charge in [0.05, 0.1) is 19.3 Å².